The molecule has 8 nitrogen and oxygen atoms in total. The average Bonchev–Trinajstić information content (AvgIpc) is 3.19. The maximum atomic E-state index is 12.2. The summed E-state index contributed by atoms with van der Waals surface area (Å²) >= 11 is 0. The lowest BCUT2D eigenvalue weighted by molar-refractivity contribution is 0.0945. The second-order valence-corrected chi connectivity index (χ2v) is 5.85. The molecule has 0 aliphatic carbocycles. The SMILES string of the molecule is O=C(NCc1ccc2c(c1)OCO2)c1ccc(NCc2ccccn2)nn1. The van der Waals surface area contributed by atoms with Gasteiger partial charge in [0.25, 0.3) is 5.91 Å². The maximum absolute atomic E-state index is 12.2. The highest BCUT2D eigenvalue weighted by atomic mass is 16.7. The van der Waals surface area contributed by atoms with E-state index in [1.54, 1.807) is 18.3 Å². The van der Waals surface area contributed by atoms with Gasteiger partial charge in [0.1, 0.15) is 5.82 Å². The highest BCUT2D eigenvalue weighted by Gasteiger charge is 2.14. The van der Waals surface area contributed by atoms with Crippen LogP contribution >= 0.6 is 0 Å². The molecule has 136 valence electrons. The zero-order chi connectivity index (χ0) is 18.5. The summed E-state index contributed by atoms with van der Waals surface area (Å²) in [5.74, 6) is 1.68. The molecule has 0 unspecified atom stereocenters. The van der Waals surface area contributed by atoms with Crippen LogP contribution in [0.4, 0.5) is 5.82 Å². The fourth-order valence-electron chi connectivity index (χ4n) is 2.56. The molecule has 1 aromatic carbocycles. The standard InChI is InChI=1S/C19H17N5O3/c25-19(22-10-13-4-6-16-17(9-13)27-12-26-16)15-5-7-18(24-23-15)21-11-14-3-1-2-8-20-14/h1-9H,10-12H2,(H,21,24)(H,22,25). The van der Waals surface area contributed by atoms with E-state index < -0.39 is 0 Å². The van der Waals surface area contributed by atoms with Crippen molar-refractivity contribution in [1.82, 2.24) is 20.5 Å². The third-order valence-electron chi connectivity index (χ3n) is 3.96. The van der Waals surface area contributed by atoms with Crippen LogP contribution in [0, 0.1) is 0 Å². The Balaban J connectivity index is 1.31. The van der Waals surface area contributed by atoms with E-state index in [4.69, 9.17) is 9.47 Å². The minimum atomic E-state index is -0.295. The second-order valence-electron chi connectivity index (χ2n) is 5.85. The number of amides is 1. The van der Waals surface area contributed by atoms with Gasteiger partial charge < -0.3 is 20.1 Å². The van der Waals surface area contributed by atoms with Crippen molar-refractivity contribution in [2.24, 2.45) is 0 Å². The van der Waals surface area contributed by atoms with Crippen LogP contribution in [0.15, 0.2) is 54.7 Å². The summed E-state index contributed by atoms with van der Waals surface area (Å²) in [6.45, 7) is 1.11. The Labute approximate surface area is 155 Å². The van der Waals surface area contributed by atoms with Crippen LogP contribution in [0.1, 0.15) is 21.7 Å². The van der Waals surface area contributed by atoms with E-state index in [9.17, 15) is 4.79 Å². The number of anilines is 1. The summed E-state index contributed by atoms with van der Waals surface area (Å²) in [5.41, 5.74) is 2.05. The van der Waals surface area contributed by atoms with Gasteiger partial charge in [0.2, 0.25) is 6.79 Å². The number of carbonyl (C=O) groups excluding carboxylic acids is 1. The molecular formula is C19H17N5O3. The van der Waals surface area contributed by atoms with Gasteiger partial charge in [-0.15, -0.1) is 10.2 Å². The van der Waals surface area contributed by atoms with Crippen molar-refractivity contribution in [3.05, 3.63) is 71.7 Å². The smallest absolute Gasteiger partial charge is 0.272 e. The van der Waals surface area contributed by atoms with Gasteiger partial charge in [-0.1, -0.05) is 12.1 Å². The number of ether oxygens (including phenoxy) is 2. The lowest BCUT2D eigenvalue weighted by Crippen LogP contribution is -2.24. The number of fused-ring (bicyclic) bond motifs is 1. The number of benzene rings is 1. The third-order valence-corrected chi connectivity index (χ3v) is 3.96. The van der Waals surface area contributed by atoms with Crippen LogP contribution in [0.2, 0.25) is 0 Å². The highest BCUT2D eigenvalue weighted by Crippen LogP contribution is 2.32. The molecule has 0 saturated carbocycles. The number of rotatable bonds is 6. The zero-order valence-electron chi connectivity index (χ0n) is 14.4. The van der Waals surface area contributed by atoms with Crippen LogP contribution in [0.25, 0.3) is 0 Å². The largest absolute Gasteiger partial charge is 0.454 e. The summed E-state index contributed by atoms with van der Waals surface area (Å²) in [5, 5.41) is 13.9. The molecule has 0 atom stereocenters. The lowest BCUT2D eigenvalue weighted by Gasteiger charge is -2.07. The molecule has 1 amide bonds. The van der Waals surface area contributed by atoms with E-state index >= 15 is 0 Å². The Morgan fingerprint density at radius 2 is 1.93 bits per heavy atom. The fourth-order valence-corrected chi connectivity index (χ4v) is 2.56. The predicted molar refractivity (Wildman–Crippen MR) is 97.3 cm³/mol. The van der Waals surface area contributed by atoms with Crippen molar-refractivity contribution < 1.29 is 14.3 Å². The van der Waals surface area contributed by atoms with Gasteiger partial charge in [0.15, 0.2) is 17.2 Å². The van der Waals surface area contributed by atoms with E-state index in [0.29, 0.717) is 30.4 Å². The number of nitrogens with zero attached hydrogens (tertiary/aromatic N) is 3. The monoisotopic (exact) mass is 363 g/mol. The highest BCUT2D eigenvalue weighted by molar-refractivity contribution is 5.92. The van der Waals surface area contributed by atoms with Crippen LogP contribution < -0.4 is 20.1 Å². The minimum absolute atomic E-state index is 0.224. The number of hydrogen-bond acceptors (Lipinski definition) is 7. The minimum Gasteiger partial charge on any atom is -0.454 e. The molecule has 3 aromatic rings. The van der Waals surface area contributed by atoms with Gasteiger partial charge in [-0.2, -0.15) is 0 Å². The quantitative estimate of drug-likeness (QED) is 0.692. The molecule has 0 spiro atoms. The molecule has 2 N–H and O–H groups in total. The molecule has 1 aliphatic rings. The van der Waals surface area contributed by atoms with Gasteiger partial charge in [-0.3, -0.25) is 9.78 Å². The molecular weight excluding hydrogens is 346 g/mol. The van der Waals surface area contributed by atoms with Gasteiger partial charge >= 0.3 is 0 Å². The van der Waals surface area contributed by atoms with Crippen LogP contribution in [-0.4, -0.2) is 27.9 Å². The first-order valence-corrected chi connectivity index (χ1v) is 8.42. The molecule has 27 heavy (non-hydrogen) atoms. The summed E-state index contributed by atoms with van der Waals surface area (Å²) in [4.78, 5) is 16.5. The number of hydrogen-bond donors (Lipinski definition) is 2. The van der Waals surface area contributed by atoms with Gasteiger partial charge in [-0.25, -0.2) is 0 Å². The normalized spacial score (nSPS) is 11.9. The van der Waals surface area contributed by atoms with Crippen LogP contribution in [-0.2, 0) is 13.1 Å². The molecule has 2 aromatic heterocycles. The maximum Gasteiger partial charge on any atom is 0.272 e. The number of carbonyl (C=O) groups is 1. The van der Waals surface area contributed by atoms with E-state index in [0.717, 1.165) is 11.3 Å². The summed E-state index contributed by atoms with van der Waals surface area (Å²) in [6, 6.07) is 14.6. The summed E-state index contributed by atoms with van der Waals surface area (Å²) in [6.07, 6.45) is 1.73. The molecule has 8 heteroatoms. The second kappa shape index (κ2) is 7.69. The first-order chi connectivity index (χ1) is 13.3. The molecule has 4 rings (SSSR count). The van der Waals surface area contributed by atoms with Crippen molar-refractivity contribution in [1.29, 1.82) is 0 Å². The average molecular weight is 363 g/mol. The summed E-state index contributed by atoms with van der Waals surface area (Å²) < 4.78 is 10.6. The van der Waals surface area contributed by atoms with E-state index in [1.165, 1.54) is 0 Å². The van der Waals surface area contributed by atoms with E-state index in [1.807, 2.05) is 36.4 Å². The van der Waals surface area contributed by atoms with Crippen molar-refractivity contribution in [3.8, 4) is 11.5 Å². The molecule has 3 heterocycles. The molecule has 1 aliphatic heterocycles. The first-order valence-electron chi connectivity index (χ1n) is 8.42. The third kappa shape index (κ3) is 4.12. The lowest BCUT2D eigenvalue weighted by atomic mass is 10.2. The van der Waals surface area contributed by atoms with Crippen molar-refractivity contribution in [3.63, 3.8) is 0 Å². The van der Waals surface area contributed by atoms with Crippen LogP contribution in [0.3, 0.4) is 0 Å². The van der Waals surface area contributed by atoms with Gasteiger partial charge in [-0.05, 0) is 42.0 Å². The zero-order valence-corrected chi connectivity index (χ0v) is 14.4. The Morgan fingerprint density at radius 1 is 1.00 bits per heavy atom. The van der Waals surface area contributed by atoms with Gasteiger partial charge in [0, 0.05) is 12.7 Å². The Morgan fingerprint density at radius 3 is 2.74 bits per heavy atom. The van der Waals surface area contributed by atoms with E-state index in [-0.39, 0.29) is 18.4 Å². The summed E-state index contributed by atoms with van der Waals surface area (Å²) in [7, 11) is 0. The van der Waals surface area contributed by atoms with Crippen molar-refractivity contribution in [2.45, 2.75) is 13.1 Å². The first kappa shape index (κ1) is 16.8. The molecule has 0 radical (unpaired) electrons. The molecule has 0 saturated heterocycles. The number of aromatic nitrogens is 3. The Hall–Kier alpha value is -3.68. The Bertz CT molecular complexity index is 932. The van der Waals surface area contributed by atoms with Crippen LogP contribution in [0.5, 0.6) is 11.5 Å². The predicted octanol–water partition coefficient (Wildman–Crippen LogP) is 2.14. The molecule has 0 bridgehead atoms. The number of pyridine rings is 1. The topological polar surface area (TPSA) is 98.3 Å². The fraction of sp³-hybridized carbons (Fsp3) is 0.158. The molecule has 0 fully saturated rings. The number of nitrogens with one attached hydrogen (secondary N) is 2. The van der Waals surface area contributed by atoms with Crippen molar-refractivity contribution in [2.75, 3.05) is 12.1 Å². The van der Waals surface area contributed by atoms with E-state index in [2.05, 4.69) is 25.8 Å². The Kier molecular flexibility index (Phi) is 4.78. The van der Waals surface area contributed by atoms with Crippen molar-refractivity contribution >= 4 is 11.7 Å². The van der Waals surface area contributed by atoms with Gasteiger partial charge in [0.05, 0.1) is 12.2 Å².